The fraction of sp³-hybridized carbons (Fsp3) is 0.750. The highest BCUT2D eigenvalue weighted by Gasteiger charge is 2.17. The van der Waals surface area contributed by atoms with Crippen molar-refractivity contribution in [3.05, 3.63) is 21.6 Å². The smallest absolute Gasteiger partial charge is 0.290 e. The minimum Gasteiger partial charge on any atom is -0.394 e. The van der Waals surface area contributed by atoms with Crippen molar-refractivity contribution in [1.29, 1.82) is 0 Å². The second-order valence-corrected chi connectivity index (χ2v) is 6.49. The summed E-state index contributed by atoms with van der Waals surface area (Å²) in [7, 11) is 0. The second kappa shape index (κ2) is 7.24. The first-order chi connectivity index (χ1) is 10.4. The van der Waals surface area contributed by atoms with Crippen LogP contribution < -0.4 is 11.3 Å². The molecular formula is C16H28N4O2. The number of nitrogens with two attached hydrogens (primary N) is 1. The van der Waals surface area contributed by atoms with E-state index in [2.05, 4.69) is 16.9 Å². The average molecular weight is 308 g/mol. The molecule has 3 N–H and O–H groups in total. The summed E-state index contributed by atoms with van der Waals surface area (Å²) in [6.07, 6.45) is 2.62. The number of anilines is 1. The normalized spacial score (nSPS) is 18.5. The van der Waals surface area contributed by atoms with E-state index in [1.54, 1.807) is 13.8 Å². The van der Waals surface area contributed by atoms with E-state index in [0.29, 0.717) is 17.8 Å². The van der Waals surface area contributed by atoms with Crippen LogP contribution in [-0.4, -0.2) is 39.4 Å². The predicted molar refractivity (Wildman–Crippen MR) is 87.7 cm³/mol. The summed E-state index contributed by atoms with van der Waals surface area (Å²) in [5, 5.41) is 14.0. The van der Waals surface area contributed by atoms with Crippen molar-refractivity contribution < 1.29 is 5.11 Å². The predicted octanol–water partition coefficient (Wildman–Crippen LogP) is 1.31. The van der Waals surface area contributed by atoms with Gasteiger partial charge in [0.2, 0.25) is 0 Å². The first kappa shape index (κ1) is 17.0. The second-order valence-electron chi connectivity index (χ2n) is 6.49. The van der Waals surface area contributed by atoms with Crippen molar-refractivity contribution in [2.45, 2.75) is 52.7 Å². The van der Waals surface area contributed by atoms with Crippen LogP contribution in [0.25, 0.3) is 0 Å². The van der Waals surface area contributed by atoms with E-state index in [9.17, 15) is 9.90 Å². The number of aromatic nitrogens is 2. The van der Waals surface area contributed by atoms with Gasteiger partial charge < -0.3 is 15.7 Å². The Morgan fingerprint density at radius 3 is 2.59 bits per heavy atom. The van der Waals surface area contributed by atoms with Gasteiger partial charge >= 0.3 is 0 Å². The van der Waals surface area contributed by atoms with Gasteiger partial charge in [0.1, 0.15) is 5.69 Å². The molecule has 0 amide bonds. The van der Waals surface area contributed by atoms with Gasteiger partial charge in [0.05, 0.1) is 11.8 Å². The third-order valence-electron chi connectivity index (χ3n) is 4.55. The Labute approximate surface area is 131 Å². The first-order valence-corrected chi connectivity index (χ1v) is 8.17. The summed E-state index contributed by atoms with van der Waals surface area (Å²) in [6.45, 7) is 9.52. The number of aliphatic hydroxyl groups excluding tert-OH is 1. The van der Waals surface area contributed by atoms with Crippen molar-refractivity contribution >= 4 is 5.69 Å². The third kappa shape index (κ3) is 3.87. The van der Waals surface area contributed by atoms with Crippen LogP contribution in [0.5, 0.6) is 0 Å². The maximum atomic E-state index is 12.2. The van der Waals surface area contributed by atoms with Gasteiger partial charge in [-0.1, -0.05) is 6.92 Å². The molecule has 0 spiro atoms. The van der Waals surface area contributed by atoms with Crippen LogP contribution in [-0.2, 0) is 6.54 Å². The Morgan fingerprint density at radius 2 is 2.00 bits per heavy atom. The fourth-order valence-corrected chi connectivity index (χ4v) is 3.14. The van der Waals surface area contributed by atoms with Crippen LogP contribution in [0.2, 0.25) is 0 Å². The SMILES string of the molecule is Cc1nn(CCCN2CCC(C)CC2)c(=O)c(N)c1C(C)O. The lowest BCUT2D eigenvalue weighted by atomic mass is 9.99. The zero-order chi connectivity index (χ0) is 16.3. The Morgan fingerprint density at radius 1 is 1.36 bits per heavy atom. The number of aliphatic hydroxyl groups is 1. The molecule has 2 rings (SSSR count). The van der Waals surface area contributed by atoms with E-state index < -0.39 is 6.10 Å². The van der Waals surface area contributed by atoms with Gasteiger partial charge in [0.25, 0.3) is 5.56 Å². The largest absolute Gasteiger partial charge is 0.394 e. The average Bonchev–Trinajstić information content (AvgIpc) is 2.46. The molecule has 124 valence electrons. The molecule has 1 aromatic rings. The molecule has 22 heavy (non-hydrogen) atoms. The first-order valence-electron chi connectivity index (χ1n) is 8.17. The van der Waals surface area contributed by atoms with Gasteiger partial charge in [-0.25, -0.2) is 4.68 Å². The summed E-state index contributed by atoms with van der Waals surface area (Å²) in [6, 6.07) is 0. The molecule has 0 saturated carbocycles. The highest BCUT2D eigenvalue weighted by molar-refractivity contribution is 5.47. The van der Waals surface area contributed by atoms with Crippen LogP contribution in [0.4, 0.5) is 5.69 Å². The quantitative estimate of drug-likeness (QED) is 0.857. The summed E-state index contributed by atoms with van der Waals surface area (Å²) in [5.74, 6) is 0.830. The Bertz CT molecular complexity index is 560. The maximum absolute atomic E-state index is 12.2. The molecule has 1 aliphatic heterocycles. The van der Waals surface area contributed by atoms with Crippen molar-refractivity contribution in [3.8, 4) is 0 Å². The molecule has 0 bridgehead atoms. The third-order valence-corrected chi connectivity index (χ3v) is 4.55. The lowest BCUT2D eigenvalue weighted by molar-refractivity contribution is 0.186. The van der Waals surface area contributed by atoms with Crippen molar-refractivity contribution in [2.75, 3.05) is 25.4 Å². The monoisotopic (exact) mass is 308 g/mol. The van der Waals surface area contributed by atoms with Crippen LogP contribution in [0.1, 0.15) is 50.5 Å². The molecule has 1 aromatic heterocycles. The number of aryl methyl sites for hydroxylation is 2. The van der Waals surface area contributed by atoms with Crippen LogP contribution in [0, 0.1) is 12.8 Å². The summed E-state index contributed by atoms with van der Waals surface area (Å²) in [5.41, 5.74) is 6.77. The fourth-order valence-electron chi connectivity index (χ4n) is 3.14. The number of rotatable bonds is 5. The van der Waals surface area contributed by atoms with Crippen molar-refractivity contribution in [1.82, 2.24) is 14.7 Å². The summed E-state index contributed by atoms with van der Waals surface area (Å²) < 4.78 is 1.43. The van der Waals surface area contributed by atoms with E-state index in [-0.39, 0.29) is 11.2 Å². The zero-order valence-electron chi connectivity index (χ0n) is 13.9. The summed E-state index contributed by atoms with van der Waals surface area (Å²) in [4.78, 5) is 14.7. The molecule has 0 aromatic carbocycles. The van der Waals surface area contributed by atoms with Crippen molar-refractivity contribution in [2.24, 2.45) is 5.92 Å². The minimum absolute atomic E-state index is 0.120. The lowest BCUT2D eigenvalue weighted by Gasteiger charge is -2.30. The molecule has 1 fully saturated rings. The van der Waals surface area contributed by atoms with E-state index >= 15 is 0 Å². The van der Waals surface area contributed by atoms with Gasteiger partial charge in [-0.05, 0) is 58.7 Å². The molecule has 2 heterocycles. The van der Waals surface area contributed by atoms with E-state index in [0.717, 1.165) is 32.0 Å². The molecule has 0 aliphatic carbocycles. The lowest BCUT2D eigenvalue weighted by Crippen LogP contribution is -2.35. The van der Waals surface area contributed by atoms with Crippen molar-refractivity contribution in [3.63, 3.8) is 0 Å². The van der Waals surface area contributed by atoms with E-state index in [4.69, 9.17) is 5.73 Å². The van der Waals surface area contributed by atoms with Crippen LogP contribution >= 0.6 is 0 Å². The van der Waals surface area contributed by atoms with Gasteiger partial charge in [-0.3, -0.25) is 4.79 Å². The highest BCUT2D eigenvalue weighted by Crippen LogP contribution is 2.19. The number of hydrogen-bond donors (Lipinski definition) is 2. The molecule has 6 nitrogen and oxygen atoms in total. The summed E-state index contributed by atoms with van der Waals surface area (Å²) >= 11 is 0. The molecule has 1 atom stereocenters. The number of piperidine rings is 1. The molecule has 0 radical (unpaired) electrons. The zero-order valence-corrected chi connectivity index (χ0v) is 13.9. The Balaban J connectivity index is 1.97. The van der Waals surface area contributed by atoms with E-state index in [1.807, 2.05) is 0 Å². The molecule has 1 unspecified atom stereocenters. The van der Waals surface area contributed by atoms with Gasteiger partial charge in [0.15, 0.2) is 0 Å². The Hall–Kier alpha value is -1.40. The van der Waals surface area contributed by atoms with Crippen LogP contribution in [0.3, 0.4) is 0 Å². The highest BCUT2D eigenvalue weighted by atomic mass is 16.3. The van der Waals surface area contributed by atoms with Gasteiger partial charge in [-0.15, -0.1) is 0 Å². The number of nitrogen functional groups attached to an aromatic ring is 1. The molecule has 6 heteroatoms. The molecular weight excluding hydrogens is 280 g/mol. The number of likely N-dealkylation sites (tertiary alicyclic amines) is 1. The Kier molecular flexibility index (Phi) is 5.58. The maximum Gasteiger partial charge on any atom is 0.290 e. The standard InChI is InChI=1S/C16H28N4O2/c1-11-5-9-19(10-6-11)7-4-8-20-16(22)15(17)14(13(3)21)12(2)18-20/h11,13,21H,4-10,17H2,1-3H3. The number of nitrogens with zero attached hydrogens (tertiary/aromatic N) is 3. The minimum atomic E-state index is -0.773. The molecule has 1 saturated heterocycles. The topological polar surface area (TPSA) is 84.4 Å². The molecule has 1 aliphatic rings. The van der Waals surface area contributed by atoms with Crippen LogP contribution in [0.15, 0.2) is 4.79 Å². The van der Waals surface area contributed by atoms with Gasteiger partial charge in [0, 0.05) is 12.1 Å². The van der Waals surface area contributed by atoms with Gasteiger partial charge in [-0.2, -0.15) is 5.10 Å². The van der Waals surface area contributed by atoms with E-state index in [1.165, 1.54) is 17.5 Å². The number of hydrogen-bond acceptors (Lipinski definition) is 5.